The molecule has 0 atom stereocenters. The van der Waals surface area contributed by atoms with E-state index in [4.69, 9.17) is 4.74 Å². The van der Waals surface area contributed by atoms with Crippen LogP contribution in [0.25, 0.3) is 22.2 Å². The number of halogens is 3. The molecule has 4 aromatic rings. The molecule has 0 amide bonds. The molecule has 0 aliphatic rings. The Balaban J connectivity index is 1.70. The lowest BCUT2D eigenvalue weighted by Gasteiger charge is -2.12. The number of nitrogens with one attached hydrogen (secondary N) is 1. The number of pyridine rings is 2. The van der Waals surface area contributed by atoms with Crippen LogP contribution in [0.1, 0.15) is 5.56 Å². The lowest BCUT2D eigenvalue weighted by atomic mass is 10.1. The summed E-state index contributed by atoms with van der Waals surface area (Å²) in [5, 5.41) is 0.549. The van der Waals surface area contributed by atoms with Crippen molar-refractivity contribution < 1.29 is 17.9 Å². The number of fused-ring (bicyclic) bond motifs is 1. The summed E-state index contributed by atoms with van der Waals surface area (Å²) in [4.78, 5) is 19.2. The zero-order valence-electron chi connectivity index (χ0n) is 14.3. The highest BCUT2D eigenvalue weighted by atomic mass is 19.4. The van der Waals surface area contributed by atoms with Gasteiger partial charge in [-0.3, -0.25) is 9.78 Å². The largest absolute Gasteiger partial charge is 0.455 e. The van der Waals surface area contributed by atoms with E-state index >= 15 is 0 Å². The Kier molecular flexibility index (Phi) is 4.35. The molecular weight excluding hydrogens is 369 g/mol. The quantitative estimate of drug-likeness (QED) is 0.516. The summed E-state index contributed by atoms with van der Waals surface area (Å²) in [7, 11) is 0. The number of H-pyrrole nitrogens is 1. The molecule has 2 aromatic carbocycles. The van der Waals surface area contributed by atoms with E-state index < -0.39 is 11.7 Å². The van der Waals surface area contributed by atoms with Crippen LogP contribution in [0.5, 0.6) is 11.5 Å². The van der Waals surface area contributed by atoms with Gasteiger partial charge in [0.25, 0.3) is 0 Å². The molecule has 0 bridgehead atoms. The van der Waals surface area contributed by atoms with E-state index in [9.17, 15) is 18.0 Å². The van der Waals surface area contributed by atoms with Gasteiger partial charge in [0, 0.05) is 34.9 Å². The van der Waals surface area contributed by atoms with Gasteiger partial charge in [0.05, 0.1) is 5.56 Å². The third-order valence-corrected chi connectivity index (χ3v) is 4.21. The maximum atomic E-state index is 12.7. The maximum Gasteiger partial charge on any atom is 0.416 e. The standard InChI is InChI=1S/C21H13F3N2O2/c22-21(23,24)14-4-6-15(7-5-14)28-19-2-1-10-26-20(19)13-3-8-16-17(12-13)25-11-9-18(16)27/h1-12H,(H,25,27). The van der Waals surface area contributed by atoms with Gasteiger partial charge in [-0.05, 0) is 48.5 Å². The third-order valence-electron chi connectivity index (χ3n) is 4.21. The molecule has 0 aliphatic carbocycles. The smallest absolute Gasteiger partial charge is 0.416 e. The summed E-state index contributed by atoms with van der Waals surface area (Å²) in [5.74, 6) is 0.649. The zero-order chi connectivity index (χ0) is 19.7. The second-order valence-electron chi connectivity index (χ2n) is 6.08. The van der Waals surface area contributed by atoms with Crippen LogP contribution >= 0.6 is 0 Å². The van der Waals surface area contributed by atoms with Gasteiger partial charge in [-0.1, -0.05) is 6.07 Å². The van der Waals surface area contributed by atoms with Gasteiger partial charge in [-0.15, -0.1) is 0 Å². The molecule has 28 heavy (non-hydrogen) atoms. The summed E-state index contributed by atoms with van der Waals surface area (Å²) in [6.45, 7) is 0. The van der Waals surface area contributed by atoms with Crippen LogP contribution in [0.2, 0.25) is 0 Å². The SMILES string of the molecule is O=c1cc[nH]c2cc(-c3ncccc3Oc3ccc(C(F)(F)F)cc3)ccc12. The fourth-order valence-electron chi connectivity index (χ4n) is 2.85. The van der Waals surface area contributed by atoms with Crippen LogP contribution in [0.3, 0.4) is 0 Å². The van der Waals surface area contributed by atoms with E-state index in [0.29, 0.717) is 27.9 Å². The van der Waals surface area contributed by atoms with Crippen LogP contribution in [0, 0.1) is 0 Å². The number of alkyl halides is 3. The molecule has 2 aromatic heterocycles. The van der Waals surface area contributed by atoms with Crippen molar-refractivity contribution in [3.05, 3.63) is 88.8 Å². The Bertz CT molecular complexity index is 1200. The first-order chi connectivity index (χ1) is 13.4. The molecule has 0 saturated heterocycles. The lowest BCUT2D eigenvalue weighted by molar-refractivity contribution is -0.137. The van der Waals surface area contributed by atoms with E-state index in [2.05, 4.69) is 9.97 Å². The number of benzene rings is 2. The number of rotatable bonds is 3. The number of hydrogen-bond donors (Lipinski definition) is 1. The summed E-state index contributed by atoms with van der Waals surface area (Å²) < 4.78 is 43.9. The Hall–Kier alpha value is -3.61. The summed E-state index contributed by atoms with van der Waals surface area (Å²) in [6.07, 6.45) is -1.25. The highest BCUT2D eigenvalue weighted by Gasteiger charge is 2.30. The van der Waals surface area contributed by atoms with Crippen molar-refractivity contribution in [1.82, 2.24) is 9.97 Å². The van der Waals surface area contributed by atoms with Gasteiger partial charge in [-0.25, -0.2) is 0 Å². The molecule has 0 unspecified atom stereocenters. The molecule has 2 heterocycles. The molecule has 1 N–H and O–H groups in total. The molecule has 0 fully saturated rings. The highest BCUT2D eigenvalue weighted by molar-refractivity contribution is 5.84. The van der Waals surface area contributed by atoms with Gasteiger partial charge in [0.15, 0.2) is 11.2 Å². The van der Waals surface area contributed by atoms with E-state index in [1.807, 2.05) is 0 Å². The molecular formula is C21H13F3N2O2. The predicted octanol–water partition coefficient (Wildman–Crippen LogP) is 5.40. The van der Waals surface area contributed by atoms with E-state index in [1.165, 1.54) is 18.2 Å². The van der Waals surface area contributed by atoms with Crippen molar-refractivity contribution in [1.29, 1.82) is 0 Å². The van der Waals surface area contributed by atoms with Crippen LogP contribution in [-0.4, -0.2) is 9.97 Å². The number of aromatic nitrogens is 2. The second kappa shape index (κ2) is 6.84. The number of aromatic amines is 1. The Morgan fingerprint density at radius 2 is 1.75 bits per heavy atom. The van der Waals surface area contributed by atoms with Crippen LogP contribution in [0.4, 0.5) is 13.2 Å². The monoisotopic (exact) mass is 382 g/mol. The summed E-state index contributed by atoms with van der Waals surface area (Å²) in [5.41, 5.74) is 1.02. The van der Waals surface area contributed by atoms with Crippen LogP contribution in [-0.2, 0) is 6.18 Å². The van der Waals surface area contributed by atoms with Crippen LogP contribution < -0.4 is 10.2 Å². The molecule has 4 nitrogen and oxygen atoms in total. The minimum Gasteiger partial charge on any atom is -0.455 e. The number of hydrogen-bond acceptors (Lipinski definition) is 3. The van der Waals surface area contributed by atoms with Gasteiger partial charge in [0.2, 0.25) is 0 Å². The maximum absolute atomic E-state index is 12.7. The molecule has 0 saturated carbocycles. The predicted molar refractivity (Wildman–Crippen MR) is 99.3 cm³/mol. The minimum atomic E-state index is -4.40. The summed E-state index contributed by atoms with van der Waals surface area (Å²) >= 11 is 0. The number of ether oxygens (including phenoxy) is 1. The first kappa shape index (κ1) is 17.8. The van der Waals surface area contributed by atoms with Crippen LogP contribution in [0.15, 0.2) is 77.9 Å². The normalized spacial score (nSPS) is 11.5. The molecule has 0 radical (unpaired) electrons. The van der Waals surface area contributed by atoms with Gasteiger partial charge in [0.1, 0.15) is 11.4 Å². The van der Waals surface area contributed by atoms with Gasteiger partial charge in [-0.2, -0.15) is 13.2 Å². The van der Waals surface area contributed by atoms with E-state index in [-0.39, 0.29) is 11.2 Å². The minimum absolute atomic E-state index is 0.0949. The molecule has 7 heteroatoms. The fraction of sp³-hybridized carbons (Fsp3) is 0.0476. The highest BCUT2D eigenvalue weighted by Crippen LogP contribution is 2.34. The molecule has 0 spiro atoms. The Morgan fingerprint density at radius 3 is 2.50 bits per heavy atom. The second-order valence-corrected chi connectivity index (χ2v) is 6.08. The van der Waals surface area contributed by atoms with Crippen molar-refractivity contribution in [2.45, 2.75) is 6.18 Å². The van der Waals surface area contributed by atoms with Gasteiger partial charge >= 0.3 is 6.18 Å². The van der Waals surface area contributed by atoms with Crippen molar-refractivity contribution in [2.75, 3.05) is 0 Å². The van der Waals surface area contributed by atoms with E-state index in [0.717, 1.165) is 12.1 Å². The first-order valence-electron chi connectivity index (χ1n) is 8.34. The number of nitrogens with zero attached hydrogens (tertiary/aromatic N) is 1. The van der Waals surface area contributed by atoms with E-state index in [1.54, 1.807) is 42.7 Å². The molecule has 4 rings (SSSR count). The van der Waals surface area contributed by atoms with Crippen molar-refractivity contribution in [3.63, 3.8) is 0 Å². The van der Waals surface area contributed by atoms with Gasteiger partial charge < -0.3 is 9.72 Å². The van der Waals surface area contributed by atoms with Crippen molar-refractivity contribution in [3.8, 4) is 22.8 Å². The Morgan fingerprint density at radius 1 is 0.964 bits per heavy atom. The Labute approximate surface area is 157 Å². The topological polar surface area (TPSA) is 55.0 Å². The van der Waals surface area contributed by atoms with Crippen molar-refractivity contribution >= 4 is 10.9 Å². The summed E-state index contributed by atoms with van der Waals surface area (Å²) in [6, 6.07) is 14.5. The van der Waals surface area contributed by atoms with Crippen molar-refractivity contribution in [2.24, 2.45) is 0 Å². The average Bonchev–Trinajstić information content (AvgIpc) is 2.68. The third kappa shape index (κ3) is 3.46. The zero-order valence-corrected chi connectivity index (χ0v) is 14.3. The lowest BCUT2D eigenvalue weighted by Crippen LogP contribution is -2.04. The first-order valence-corrected chi connectivity index (χ1v) is 8.34. The molecule has 140 valence electrons. The molecule has 0 aliphatic heterocycles. The fourth-order valence-corrected chi connectivity index (χ4v) is 2.85. The average molecular weight is 382 g/mol.